The fourth-order valence-corrected chi connectivity index (χ4v) is 3.77. The Kier molecular flexibility index (Phi) is 6.34. The van der Waals surface area contributed by atoms with Gasteiger partial charge in [-0.05, 0) is 56.7 Å². The molecule has 5 nitrogen and oxygen atoms in total. The average molecular weight is 370 g/mol. The van der Waals surface area contributed by atoms with Crippen LogP contribution in [-0.4, -0.2) is 55.3 Å². The Hall–Kier alpha value is -2.11. The van der Waals surface area contributed by atoms with E-state index in [0.717, 1.165) is 31.8 Å². The smallest absolute Gasteiger partial charge is 0.289 e. The van der Waals surface area contributed by atoms with Crippen LogP contribution in [0.5, 0.6) is 0 Å². The van der Waals surface area contributed by atoms with Crippen LogP contribution in [0.15, 0.2) is 40.8 Å². The Morgan fingerprint density at radius 1 is 1.07 bits per heavy atom. The molecule has 1 fully saturated rings. The Balaban J connectivity index is 1.71. The van der Waals surface area contributed by atoms with Crippen molar-refractivity contribution in [1.29, 1.82) is 0 Å². The van der Waals surface area contributed by atoms with Gasteiger partial charge >= 0.3 is 0 Å². The average Bonchev–Trinajstić information content (AvgIpc) is 3.10. The van der Waals surface area contributed by atoms with E-state index < -0.39 is 0 Å². The zero-order chi connectivity index (χ0) is 19.4. The van der Waals surface area contributed by atoms with Gasteiger partial charge in [-0.15, -0.1) is 0 Å². The second-order valence-electron chi connectivity index (χ2n) is 7.93. The van der Waals surface area contributed by atoms with Gasteiger partial charge in [-0.2, -0.15) is 0 Å². The number of benzene rings is 1. The summed E-state index contributed by atoms with van der Waals surface area (Å²) in [6, 6.07) is 13.1. The first-order valence-electron chi connectivity index (χ1n) is 9.72. The lowest BCUT2D eigenvalue weighted by Gasteiger charge is -2.35. The Labute approximate surface area is 162 Å². The van der Waals surface area contributed by atoms with E-state index in [1.165, 1.54) is 24.0 Å². The summed E-state index contributed by atoms with van der Waals surface area (Å²) in [5.41, 5.74) is 2.71. The maximum atomic E-state index is 12.1. The first-order chi connectivity index (χ1) is 12.9. The number of carbonyl (C=O) groups excluding carboxylic acids is 1. The van der Waals surface area contributed by atoms with Gasteiger partial charge in [0.2, 0.25) is 0 Å². The van der Waals surface area contributed by atoms with Crippen molar-refractivity contribution in [1.82, 2.24) is 14.7 Å². The van der Waals surface area contributed by atoms with Crippen molar-refractivity contribution >= 4 is 5.91 Å². The number of piperidine rings is 1. The Bertz CT molecular complexity index is 749. The zero-order valence-electron chi connectivity index (χ0n) is 16.9. The Morgan fingerprint density at radius 2 is 1.81 bits per heavy atom. The molecule has 1 atom stereocenters. The van der Waals surface area contributed by atoms with Gasteiger partial charge in [0.1, 0.15) is 5.76 Å². The number of rotatable bonds is 6. The molecule has 1 saturated heterocycles. The highest BCUT2D eigenvalue weighted by Gasteiger charge is 2.25. The third kappa shape index (κ3) is 4.99. The predicted octanol–water partition coefficient (Wildman–Crippen LogP) is 3.77. The van der Waals surface area contributed by atoms with E-state index in [2.05, 4.69) is 48.2 Å². The quantitative estimate of drug-likeness (QED) is 0.777. The standard InChI is InChI=1S/C22H31N3O2/c1-23(2)15-17-8-10-18(11-9-17)20-7-5-6-14-25(20)16-19-12-13-21(27-19)22(26)24(3)4/h8-13,20H,5-7,14-16H2,1-4H3. The van der Waals surface area contributed by atoms with Crippen LogP contribution in [-0.2, 0) is 13.1 Å². The predicted molar refractivity (Wildman–Crippen MR) is 108 cm³/mol. The van der Waals surface area contributed by atoms with Crippen molar-refractivity contribution in [2.75, 3.05) is 34.7 Å². The fraction of sp³-hybridized carbons (Fsp3) is 0.500. The lowest BCUT2D eigenvalue weighted by Crippen LogP contribution is -2.32. The molecule has 3 rings (SSSR count). The van der Waals surface area contributed by atoms with Crippen LogP contribution in [0.1, 0.15) is 52.7 Å². The number of nitrogens with zero attached hydrogens (tertiary/aromatic N) is 3. The van der Waals surface area contributed by atoms with Crippen molar-refractivity contribution < 1.29 is 9.21 Å². The number of likely N-dealkylation sites (tertiary alicyclic amines) is 1. The molecule has 1 aliphatic heterocycles. The van der Waals surface area contributed by atoms with Gasteiger partial charge in [0.15, 0.2) is 5.76 Å². The molecular weight excluding hydrogens is 338 g/mol. The highest BCUT2D eigenvalue weighted by Crippen LogP contribution is 2.32. The molecule has 0 aliphatic carbocycles. The van der Waals surface area contributed by atoms with E-state index in [0.29, 0.717) is 11.8 Å². The highest BCUT2D eigenvalue weighted by molar-refractivity contribution is 5.91. The van der Waals surface area contributed by atoms with Gasteiger partial charge in [0.25, 0.3) is 5.91 Å². The molecule has 5 heteroatoms. The van der Waals surface area contributed by atoms with Crippen LogP contribution in [0, 0.1) is 0 Å². The number of hydrogen-bond acceptors (Lipinski definition) is 4. The fourth-order valence-electron chi connectivity index (χ4n) is 3.77. The van der Waals surface area contributed by atoms with Crippen molar-refractivity contribution in [3.63, 3.8) is 0 Å². The molecule has 1 unspecified atom stereocenters. The van der Waals surface area contributed by atoms with Gasteiger partial charge in [0, 0.05) is 26.7 Å². The van der Waals surface area contributed by atoms with Crippen molar-refractivity contribution in [2.24, 2.45) is 0 Å². The molecule has 0 bridgehead atoms. The molecule has 0 radical (unpaired) electrons. The molecule has 0 saturated carbocycles. The Morgan fingerprint density at radius 3 is 2.48 bits per heavy atom. The van der Waals surface area contributed by atoms with Gasteiger partial charge < -0.3 is 14.2 Å². The summed E-state index contributed by atoms with van der Waals surface area (Å²) in [5, 5.41) is 0. The molecule has 0 spiro atoms. The number of carbonyl (C=O) groups is 1. The first kappa shape index (κ1) is 19.6. The second-order valence-corrected chi connectivity index (χ2v) is 7.93. The molecule has 1 aromatic carbocycles. The summed E-state index contributed by atoms with van der Waals surface area (Å²) in [6.07, 6.45) is 3.62. The minimum Gasteiger partial charge on any atom is -0.455 e. The lowest BCUT2D eigenvalue weighted by molar-refractivity contribution is 0.0788. The van der Waals surface area contributed by atoms with Crippen molar-refractivity contribution in [3.8, 4) is 0 Å². The maximum Gasteiger partial charge on any atom is 0.289 e. The minimum atomic E-state index is -0.0899. The molecule has 1 aromatic heterocycles. The SMILES string of the molecule is CN(C)Cc1ccc(C2CCCCN2Cc2ccc(C(=O)N(C)C)o2)cc1. The third-order valence-corrected chi connectivity index (χ3v) is 5.11. The molecule has 2 aromatic rings. The van der Waals surface area contributed by atoms with Crippen LogP contribution in [0.4, 0.5) is 0 Å². The number of hydrogen-bond donors (Lipinski definition) is 0. The molecule has 0 N–H and O–H groups in total. The van der Waals surface area contributed by atoms with E-state index >= 15 is 0 Å². The highest BCUT2D eigenvalue weighted by atomic mass is 16.4. The summed E-state index contributed by atoms with van der Waals surface area (Å²) >= 11 is 0. The summed E-state index contributed by atoms with van der Waals surface area (Å²) in [6.45, 7) is 2.76. The van der Waals surface area contributed by atoms with Crippen LogP contribution in [0.25, 0.3) is 0 Å². The number of furan rings is 1. The van der Waals surface area contributed by atoms with Gasteiger partial charge in [0.05, 0.1) is 6.54 Å². The first-order valence-corrected chi connectivity index (χ1v) is 9.72. The van der Waals surface area contributed by atoms with E-state index in [4.69, 9.17) is 4.42 Å². The lowest BCUT2D eigenvalue weighted by atomic mass is 9.94. The van der Waals surface area contributed by atoms with Crippen LogP contribution in [0.2, 0.25) is 0 Å². The summed E-state index contributed by atoms with van der Waals surface area (Å²) in [4.78, 5) is 18.3. The van der Waals surface area contributed by atoms with Gasteiger partial charge in [-0.3, -0.25) is 9.69 Å². The van der Waals surface area contributed by atoms with Gasteiger partial charge in [-0.25, -0.2) is 0 Å². The van der Waals surface area contributed by atoms with Gasteiger partial charge in [-0.1, -0.05) is 30.7 Å². The maximum absolute atomic E-state index is 12.1. The molecular formula is C22H31N3O2. The summed E-state index contributed by atoms with van der Waals surface area (Å²) in [5.74, 6) is 1.18. The van der Waals surface area contributed by atoms with E-state index in [1.807, 2.05) is 6.07 Å². The van der Waals surface area contributed by atoms with Crippen molar-refractivity contribution in [3.05, 3.63) is 59.0 Å². The van der Waals surface area contributed by atoms with Crippen LogP contribution < -0.4 is 0 Å². The summed E-state index contributed by atoms with van der Waals surface area (Å²) in [7, 11) is 7.67. The summed E-state index contributed by atoms with van der Waals surface area (Å²) < 4.78 is 5.82. The molecule has 1 aliphatic rings. The molecule has 27 heavy (non-hydrogen) atoms. The van der Waals surface area contributed by atoms with Crippen LogP contribution in [0.3, 0.4) is 0 Å². The topological polar surface area (TPSA) is 39.9 Å². The molecule has 2 heterocycles. The van der Waals surface area contributed by atoms with Crippen molar-refractivity contribution in [2.45, 2.75) is 38.4 Å². The largest absolute Gasteiger partial charge is 0.455 e. The van der Waals surface area contributed by atoms with E-state index in [9.17, 15) is 4.79 Å². The molecule has 1 amide bonds. The second kappa shape index (κ2) is 8.72. The monoisotopic (exact) mass is 369 g/mol. The molecule has 146 valence electrons. The zero-order valence-corrected chi connectivity index (χ0v) is 16.9. The minimum absolute atomic E-state index is 0.0899. The number of amides is 1. The van der Waals surface area contributed by atoms with Crippen LogP contribution >= 0.6 is 0 Å². The third-order valence-electron chi connectivity index (χ3n) is 5.11. The normalized spacial score (nSPS) is 18.0. The van der Waals surface area contributed by atoms with E-state index in [1.54, 1.807) is 25.1 Å². The van der Waals surface area contributed by atoms with E-state index in [-0.39, 0.29) is 5.91 Å².